The first-order valence-electron chi connectivity index (χ1n) is 6.66. The number of hydrogen-bond acceptors (Lipinski definition) is 2. The van der Waals surface area contributed by atoms with Gasteiger partial charge >= 0.3 is 0 Å². The SMILES string of the molecule is CCc1c(C)cc2nc(C(CC)CC)nn2c1Br. The number of aromatic nitrogens is 3. The van der Waals surface area contributed by atoms with Crippen LogP contribution < -0.4 is 0 Å². The number of rotatable bonds is 4. The van der Waals surface area contributed by atoms with Crippen molar-refractivity contribution in [2.24, 2.45) is 0 Å². The molecule has 0 fully saturated rings. The van der Waals surface area contributed by atoms with Gasteiger partial charge in [-0.3, -0.25) is 0 Å². The van der Waals surface area contributed by atoms with Crippen LogP contribution in [0.2, 0.25) is 0 Å². The molecule has 2 aromatic rings. The fourth-order valence-electron chi connectivity index (χ4n) is 2.40. The molecular weight excluding hydrogens is 290 g/mol. The molecule has 0 atom stereocenters. The van der Waals surface area contributed by atoms with Gasteiger partial charge < -0.3 is 0 Å². The molecule has 0 N–H and O–H groups in total. The molecule has 18 heavy (non-hydrogen) atoms. The van der Waals surface area contributed by atoms with Gasteiger partial charge in [0.1, 0.15) is 4.60 Å². The average Bonchev–Trinajstić information content (AvgIpc) is 2.75. The van der Waals surface area contributed by atoms with Gasteiger partial charge in [0.15, 0.2) is 11.5 Å². The van der Waals surface area contributed by atoms with Crippen molar-refractivity contribution in [2.45, 2.75) is 52.9 Å². The second kappa shape index (κ2) is 5.39. The lowest BCUT2D eigenvalue weighted by Gasteiger charge is -2.07. The van der Waals surface area contributed by atoms with Crippen molar-refractivity contribution in [3.8, 4) is 0 Å². The summed E-state index contributed by atoms with van der Waals surface area (Å²) in [5.74, 6) is 1.43. The fraction of sp³-hybridized carbons (Fsp3) is 0.571. The van der Waals surface area contributed by atoms with E-state index in [-0.39, 0.29) is 0 Å². The van der Waals surface area contributed by atoms with E-state index >= 15 is 0 Å². The van der Waals surface area contributed by atoms with E-state index in [4.69, 9.17) is 0 Å². The highest BCUT2D eigenvalue weighted by Gasteiger charge is 2.16. The molecule has 2 heterocycles. The van der Waals surface area contributed by atoms with Crippen LogP contribution >= 0.6 is 15.9 Å². The molecule has 0 radical (unpaired) electrons. The van der Waals surface area contributed by atoms with Gasteiger partial charge in [-0.05, 0) is 59.3 Å². The standard InChI is InChI=1S/C14H20BrN3/c1-5-10(6-2)14-16-12-8-9(4)11(7-3)13(15)18(12)17-14/h8,10H,5-7H2,1-4H3. The minimum atomic E-state index is 0.460. The molecule has 4 heteroatoms. The third-order valence-electron chi connectivity index (χ3n) is 3.61. The smallest absolute Gasteiger partial charge is 0.157 e. The number of hydrogen-bond donors (Lipinski definition) is 0. The van der Waals surface area contributed by atoms with E-state index < -0.39 is 0 Å². The highest BCUT2D eigenvalue weighted by Crippen LogP contribution is 2.26. The van der Waals surface area contributed by atoms with Crippen molar-refractivity contribution in [2.75, 3.05) is 0 Å². The van der Waals surface area contributed by atoms with Gasteiger partial charge in [-0.1, -0.05) is 20.8 Å². The van der Waals surface area contributed by atoms with E-state index in [1.807, 2.05) is 4.52 Å². The molecular formula is C14H20BrN3. The number of aryl methyl sites for hydroxylation is 1. The first-order chi connectivity index (χ1) is 8.62. The molecule has 0 saturated carbocycles. The minimum absolute atomic E-state index is 0.460. The first-order valence-corrected chi connectivity index (χ1v) is 7.46. The van der Waals surface area contributed by atoms with E-state index in [0.29, 0.717) is 5.92 Å². The van der Waals surface area contributed by atoms with Crippen LogP contribution in [0.5, 0.6) is 0 Å². The lowest BCUT2D eigenvalue weighted by Crippen LogP contribution is -2.00. The third kappa shape index (κ3) is 2.18. The molecule has 0 amide bonds. The molecule has 2 aromatic heterocycles. The van der Waals surface area contributed by atoms with Crippen molar-refractivity contribution in [1.29, 1.82) is 0 Å². The second-order valence-corrected chi connectivity index (χ2v) is 5.45. The van der Waals surface area contributed by atoms with Crippen LogP contribution in [0.4, 0.5) is 0 Å². The minimum Gasteiger partial charge on any atom is -0.212 e. The van der Waals surface area contributed by atoms with Gasteiger partial charge in [0.05, 0.1) is 0 Å². The highest BCUT2D eigenvalue weighted by molar-refractivity contribution is 9.10. The molecule has 0 unspecified atom stereocenters. The number of halogens is 1. The van der Waals surface area contributed by atoms with Gasteiger partial charge in [0, 0.05) is 5.92 Å². The van der Waals surface area contributed by atoms with Crippen molar-refractivity contribution < 1.29 is 0 Å². The summed E-state index contributed by atoms with van der Waals surface area (Å²) in [5, 5.41) is 4.66. The van der Waals surface area contributed by atoms with Crippen LogP contribution in [0.15, 0.2) is 10.7 Å². The van der Waals surface area contributed by atoms with Gasteiger partial charge in [0.25, 0.3) is 0 Å². The molecule has 0 bridgehead atoms. The molecule has 0 aliphatic carbocycles. The Kier molecular flexibility index (Phi) is 4.05. The van der Waals surface area contributed by atoms with Crippen LogP contribution in [0.1, 0.15) is 56.5 Å². The zero-order valence-corrected chi connectivity index (χ0v) is 13.1. The van der Waals surface area contributed by atoms with Crippen molar-refractivity contribution in [1.82, 2.24) is 14.6 Å². The first kappa shape index (κ1) is 13.5. The Balaban J connectivity index is 2.61. The molecule has 0 aliphatic rings. The Bertz CT molecular complexity index is 556. The van der Waals surface area contributed by atoms with Crippen LogP contribution in [0.3, 0.4) is 0 Å². The Morgan fingerprint density at radius 1 is 1.28 bits per heavy atom. The van der Waals surface area contributed by atoms with E-state index in [2.05, 4.69) is 59.8 Å². The maximum atomic E-state index is 4.67. The summed E-state index contributed by atoms with van der Waals surface area (Å²) >= 11 is 3.66. The van der Waals surface area contributed by atoms with Gasteiger partial charge in [-0.2, -0.15) is 0 Å². The lowest BCUT2D eigenvalue weighted by atomic mass is 10.0. The van der Waals surface area contributed by atoms with Crippen LogP contribution in [0, 0.1) is 6.92 Å². The molecule has 98 valence electrons. The Labute approximate surface area is 117 Å². The molecule has 2 rings (SSSR count). The van der Waals surface area contributed by atoms with Gasteiger partial charge in [0.2, 0.25) is 0 Å². The normalized spacial score (nSPS) is 11.7. The largest absolute Gasteiger partial charge is 0.212 e. The number of pyridine rings is 1. The summed E-state index contributed by atoms with van der Waals surface area (Å²) in [6.45, 7) is 8.68. The number of nitrogens with zero attached hydrogens (tertiary/aromatic N) is 3. The van der Waals surface area contributed by atoms with Crippen molar-refractivity contribution >= 4 is 21.6 Å². The number of fused-ring (bicyclic) bond motifs is 1. The quantitative estimate of drug-likeness (QED) is 0.790. The van der Waals surface area contributed by atoms with E-state index in [1.54, 1.807) is 0 Å². The van der Waals surface area contributed by atoms with Crippen LogP contribution in [-0.4, -0.2) is 14.6 Å². The monoisotopic (exact) mass is 309 g/mol. The maximum absolute atomic E-state index is 4.67. The summed E-state index contributed by atoms with van der Waals surface area (Å²) in [6.07, 6.45) is 3.18. The molecule has 0 saturated heterocycles. The average molecular weight is 310 g/mol. The zero-order valence-electron chi connectivity index (χ0n) is 11.5. The predicted molar refractivity (Wildman–Crippen MR) is 78.1 cm³/mol. The summed E-state index contributed by atoms with van der Waals surface area (Å²) in [4.78, 5) is 4.67. The Hall–Kier alpha value is -0.900. The Morgan fingerprint density at radius 2 is 1.94 bits per heavy atom. The van der Waals surface area contributed by atoms with Gasteiger partial charge in [-0.25, -0.2) is 9.50 Å². The molecule has 0 aromatic carbocycles. The topological polar surface area (TPSA) is 30.2 Å². The Morgan fingerprint density at radius 3 is 2.50 bits per heavy atom. The van der Waals surface area contributed by atoms with Gasteiger partial charge in [-0.15, -0.1) is 5.10 Å². The van der Waals surface area contributed by atoms with E-state index in [9.17, 15) is 0 Å². The molecule has 0 spiro atoms. The van der Waals surface area contributed by atoms with Crippen LogP contribution in [-0.2, 0) is 6.42 Å². The predicted octanol–water partition coefficient (Wildman–Crippen LogP) is 4.27. The summed E-state index contributed by atoms with van der Waals surface area (Å²) < 4.78 is 2.98. The molecule has 3 nitrogen and oxygen atoms in total. The summed E-state index contributed by atoms with van der Waals surface area (Å²) in [7, 11) is 0. The highest BCUT2D eigenvalue weighted by atomic mass is 79.9. The van der Waals surface area contributed by atoms with Crippen LogP contribution in [0.25, 0.3) is 5.65 Å². The van der Waals surface area contributed by atoms with E-state index in [0.717, 1.165) is 35.3 Å². The molecule has 0 aliphatic heterocycles. The fourth-order valence-corrected chi connectivity index (χ4v) is 3.26. The second-order valence-electron chi connectivity index (χ2n) is 4.70. The summed E-state index contributed by atoms with van der Waals surface area (Å²) in [6, 6.07) is 2.13. The summed E-state index contributed by atoms with van der Waals surface area (Å²) in [5.41, 5.74) is 3.53. The zero-order chi connectivity index (χ0) is 13.3. The van der Waals surface area contributed by atoms with E-state index in [1.165, 1.54) is 11.1 Å². The maximum Gasteiger partial charge on any atom is 0.157 e. The van der Waals surface area contributed by atoms with Crippen molar-refractivity contribution in [3.63, 3.8) is 0 Å². The third-order valence-corrected chi connectivity index (χ3v) is 4.42. The lowest BCUT2D eigenvalue weighted by molar-refractivity contribution is 0.600. The van der Waals surface area contributed by atoms with Crippen molar-refractivity contribution in [3.05, 3.63) is 27.6 Å².